The average Bonchev–Trinajstić information content (AvgIpc) is 3.23. The predicted molar refractivity (Wildman–Crippen MR) is 141 cm³/mol. The van der Waals surface area contributed by atoms with E-state index in [9.17, 15) is 4.79 Å². The van der Waals surface area contributed by atoms with E-state index < -0.39 is 0 Å². The quantitative estimate of drug-likeness (QED) is 0.308. The molecule has 2 aromatic heterocycles. The van der Waals surface area contributed by atoms with Gasteiger partial charge in [0, 0.05) is 22.5 Å². The summed E-state index contributed by atoms with van der Waals surface area (Å²) in [5, 5.41) is 9.11. The normalized spacial score (nSPS) is 11.1. The van der Waals surface area contributed by atoms with Crippen LogP contribution in [0.1, 0.15) is 32.7 Å². The van der Waals surface area contributed by atoms with Crippen LogP contribution >= 0.6 is 11.6 Å². The zero-order valence-corrected chi connectivity index (χ0v) is 20.6. The van der Waals surface area contributed by atoms with E-state index in [0.717, 1.165) is 39.0 Å². The molecule has 0 saturated carbocycles. The molecule has 1 N–H and O–H groups in total. The molecular formula is C29H25ClN4O. The molecule has 5 nitrogen and oxygen atoms in total. The summed E-state index contributed by atoms with van der Waals surface area (Å²) >= 11 is 6.10. The van der Waals surface area contributed by atoms with Crippen molar-refractivity contribution < 1.29 is 4.79 Å². The van der Waals surface area contributed by atoms with Gasteiger partial charge in [-0.1, -0.05) is 53.1 Å². The number of hydrogen-bond acceptors (Lipinski definition) is 3. The Bertz CT molecular complexity index is 1550. The number of aromatic nitrogens is 3. The van der Waals surface area contributed by atoms with E-state index in [4.69, 9.17) is 16.6 Å². The smallest absolute Gasteiger partial charge is 0.252 e. The molecule has 0 aliphatic carbocycles. The maximum atomic E-state index is 13.4. The summed E-state index contributed by atoms with van der Waals surface area (Å²) < 4.78 is 1.90. The zero-order chi connectivity index (χ0) is 24.5. The first kappa shape index (κ1) is 22.8. The number of pyridine rings is 1. The lowest BCUT2D eigenvalue weighted by Crippen LogP contribution is -2.23. The minimum Gasteiger partial charge on any atom is -0.348 e. The largest absolute Gasteiger partial charge is 0.348 e. The van der Waals surface area contributed by atoms with E-state index in [-0.39, 0.29) is 5.91 Å². The zero-order valence-electron chi connectivity index (χ0n) is 19.8. The molecule has 5 aromatic rings. The monoisotopic (exact) mass is 480 g/mol. The number of fused-ring (bicyclic) bond motifs is 1. The topological polar surface area (TPSA) is 59.8 Å². The number of hydrogen-bond donors (Lipinski definition) is 1. The third-order valence-corrected chi connectivity index (χ3v) is 6.35. The van der Waals surface area contributed by atoms with Crippen molar-refractivity contribution in [3.63, 3.8) is 0 Å². The molecule has 0 spiro atoms. The summed E-state index contributed by atoms with van der Waals surface area (Å²) in [6.45, 7) is 6.47. The summed E-state index contributed by atoms with van der Waals surface area (Å²) in [5.41, 5.74) is 8.09. The van der Waals surface area contributed by atoms with Crippen molar-refractivity contribution in [1.82, 2.24) is 20.1 Å². The van der Waals surface area contributed by atoms with Gasteiger partial charge in [0.25, 0.3) is 5.91 Å². The number of carbonyl (C=O) groups excluding carboxylic acids is 1. The van der Waals surface area contributed by atoms with E-state index >= 15 is 0 Å². The number of aryl methyl sites for hydroxylation is 2. The van der Waals surface area contributed by atoms with Crippen molar-refractivity contribution in [1.29, 1.82) is 0 Å². The van der Waals surface area contributed by atoms with Crippen LogP contribution < -0.4 is 5.32 Å². The minimum absolute atomic E-state index is 0.159. The summed E-state index contributed by atoms with van der Waals surface area (Å²) in [4.78, 5) is 18.3. The number of nitrogens with one attached hydrogen (secondary N) is 1. The molecule has 35 heavy (non-hydrogen) atoms. The molecule has 1 amide bonds. The standard InChI is InChI=1S/C29H25ClN4O/c1-18-7-10-23(11-8-18)34-20(3)26(17-32-34)28-15-25(24-13-19(2)9-12-27(24)33-28)29(35)31-16-21-5-4-6-22(30)14-21/h4-15,17H,16H2,1-3H3,(H,31,35). The molecule has 0 aliphatic rings. The van der Waals surface area contributed by atoms with E-state index in [0.29, 0.717) is 22.8 Å². The molecule has 0 saturated heterocycles. The van der Waals surface area contributed by atoms with Crippen molar-refractivity contribution in [2.75, 3.05) is 0 Å². The predicted octanol–water partition coefficient (Wildman–Crippen LogP) is 6.60. The SMILES string of the molecule is Cc1ccc(-n2ncc(-c3cc(C(=O)NCc4cccc(Cl)c4)c4cc(C)ccc4n3)c2C)cc1. The van der Waals surface area contributed by atoms with Gasteiger partial charge >= 0.3 is 0 Å². The number of benzene rings is 3. The van der Waals surface area contributed by atoms with Crippen LogP contribution in [-0.4, -0.2) is 20.7 Å². The molecular weight excluding hydrogens is 456 g/mol. The van der Waals surface area contributed by atoms with Gasteiger partial charge < -0.3 is 5.32 Å². The number of halogens is 1. The Hall–Kier alpha value is -3.96. The van der Waals surface area contributed by atoms with Crippen LogP contribution in [-0.2, 0) is 6.54 Å². The third-order valence-electron chi connectivity index (χ3n) is 6.12. The summed E-state index contributed by atoms with van der Waals surface area (Å²) in [6.07, 6.45) is 1.81. The summed E-state index contributed by atoms with van der Waals surface area (Å²) in [5.74, 6) is -0.159. The Balaban J connectivity index is 1.55. The molecule has 174 valence electrons. The maximum absolute atomic E-state index is 13.4. The fourth-order valence-corrected chi connectivity index (χ4v) is 4.41. The van der Waals surface area contributed by atoms with Gasteiger partial charge in [0.15, 0.2) is 0 Å². The van der Waals surface area contributed by atoms with E-state index in [1.807, 2.05) is 85.4 Å². The van der Waals surface area contributed by atoms with Gasteiger partial charge in [0.1, 0.15) is 0 Å². The van der Waals surface area contributed by atoms with Crippen LogP contribution in [0, 0.1) is 20.8 Å². The Morgan fingerprint density at radius 1 is 0.943 bits per heavy atom. The van der Waals surface area contributed by atoms with E-state index in [1.165, 1.54) is 5.56 Å². The van der Waals surface area contributed by atoms with Crippen LogP contribution in [0.3, 0.4) is 0 Å². The lowest BCUT2D eigenvalue weighted by atomic mass is 10.0. The van der Waals surface area contributed by atoms with Crippen LogP contribution in [0.15, 0.2) is 79.0 Å². The fraction of sp³-hybridized carbons (Fsp3) is 0.138. The van der Waals surface area contributed by atoms with Gasteiger partial charge in [-0.3, -0.25) is 4.79 Å². The number of nitrogens with zero attached hydrogens (tertiary/aromatic N) is 3. The Kier molecular flexibility index (Phi) is 6.10. The second-order valence-corrected chi connectivity index (χ2v) is 9.22. The van der Waals surface area contributed by atoms with Crippen LogP contribution in [0.2, 0.25) is 5.02 Å². The highest BCUT2D eigenvalue weighted by Gasteiger charge is 2.17. The molecule has 0 aliphatic heterocycles. The van der Waals surface area contributed by atoms with Crippen molar-refractivity contribution in [3.05, 3.63) is 112 Å². The summed E-state index contributed by atoms with van der Waals surface area (Å²) in [6, 6.07) is 23.5. The minimum atomic E-state index is -0.159. The van der Waals surface area contributed by atoms with Gasteiger partial charge in [-0.2, -0.15) is 5.10 Å². The molecule has 0 unspecified atom stereocenters. The van der Waals surface area contributed by atoms with Crippen LogP contribution in [0.25, 0.3) is 27.8 Å². The van der Waals surface area contributed by atoms with Crippen molar-refractivity contribution >= 4 is 28.4 Å². The van der Waals surface area contributed by atoms with Gasteiger partial charge in [-0.15, -0.1) is 0 Å². The van der Waals surface area contributed by atoms with Gasteiger partial charge in [0.05, 0.1) is 34.4 Å². The highest BCUT2D eigenvalue weighted by atomic mass is 35.5. The van der Waals surface area contributed by atoms with Gasteiger partial charge in [-0.25, -0.2) is 9.67 Å². The Morgan fingerprint density at radius 3 is 2.49 bits per heavy atom. The van der Waals surface area contributed by atoms with Gasteiger partial charge in [-0.05, 0) is 68.8 Å². The first-order valence-electron chi connectivity index (χ1n) is 11.4. The lowest BCUT2D eigenvalue weighted by Gasteiger charge is -2.12. The molecule has 0 fully saturated rings. The van der Waals surface area contributed by atoms with E-state index in [2.05, 4.69) is 29.5 Å². The second kappa shape index (κ2) is 9.35. The van der Waals surface area contributed by atoms with Crippen molar-refractivity contribution in [3.8, 4) is 16.9 Å². The Labute approximate surface area is 209 Å². The maximum Gasteiger partial charge on any atom is 0.252 e. The molecule has 0 atom stereocenters. The summed E-state index contributed by atoms with van der Waals surface area (Å²) in [7, 11) is 0. The van der Waals surface area contributed by atoms with Crippen molar-refractivity contribution in [2.24, 2.45) is 0 Å². The highest BCUT2D eigenvalue weighted by molar-refractivity contribution is 6.30. The van der Waals surface area contributed by atoms with Crippen LogP contribution in [0.5, 0.6) is 0 Å². The van der Waals surface area contributed by atoms with Crippen LogP contribution in [0.4, 0.5) is 0 Å². The first-order valence-corrected chi connectivity index (χ1v) is 11.8. The molecule has 2 heterocycles. The lowest BCUT2D eigenvalue weighted by molar-refractivity contribution is 0.0952. The first-order chi connectivity index (χ1) is 16.9. The van der Waals surface area contributed by atoms with Crippen molar-refractivity contribution in [2.45, 2.75) is 27.3 Å². The molecule has 0 bridgehead atoms. The molecule has 3 aromatic carbocycles. The molecule has 6 heteroatoms. The number of amides is 1. The average molecular weight is 481 g/mol. The number of carbonyl (C=O) groups is 1. The van der Waals surface area contributed by atoms with Gasteiger partial charge in [0.2, 0.25) is 0 Å². The number of rotatable bonds is 5. The Morgan fingerprint density at radius 2 is 1.71 bits per heavy atom. The molecule has 0 radical (unpaired) electrons. The third kappa shape index (κ3) is 4.68. The molecule has 5 rings (SSSR count). The fourth-order valence-electron chi connectivity index (χ4n) is 4.20. The van der Waals surface area contributed by atoms with E-state index in [1.54, 1.807) is 0 Å². The highest BCUT2D eigenvalue weighted by Crippen LogP contribution is 2.29. The second-order valence-electron chi connectivity index (χ2n) is 8.78.